The van der Waals surface area contributed by atoms with Gasteiger partial charge in [-0.3, -0.25) is 4.79 Å². The molecule has 0 saturated carbocycles. The summed E-state index contributed by atoms with van der Waals surface area (Å²) >= 11 is 0. The number of Topliss-reactive ketones (excluding diaryl/α,β-unsaturated/α-hetero) is 1. The Kier molecular flexibility index (Phi) is 6.23. The van der Waals surface area contributed by atoms with Crippen molar-refractivity contribution in [1.82, 2.24) is 4.98 Å². The molecule has 0 aliphatic rings. The molecular formula is C12H9F6FeNO2. The van der Waals surface area contributed by atoms with Gasteiger partial charge in [-0.2, -0.15) is 26.3 Å². The maximum Gasteiger partial charge on any atom is 0.433 e. The second-order valence-corrected chi connectivity index (χ2v) is 4.14. The first-order chi connectivity index (χ1) is 9.34. The summed E-state index contributed by atoms with van der Waals surface area (Å²) in [5.74, 6) is -1.56. The first-order valence-electron chi connectivity index (χ1n) is 5.41. The topological polar surface area (TPSA) is 50.2 Å². The maximum absolute atomic E-state index is 12.6. The van der Waals surface area contributed by atoms with Crippen LogP contribution in [0.4, 0.5) is 26.3 Å². The van der Waals surface area contributed by atoms with E-state index in [1.807, 2.05) is 0 Å². The van der Waals surface area contributed by atoms with Crippen molar-refractivity contribution >= 4 is 11.4 Å². The van der Waals surface area contributed by atoms with Gasteiger partial charge in [0.15, 0.2) is 5.78 Å². The summed E-state index contributed by atoms with van der Waals surface area (Å²) in [7, 11) is 0. The molecule has 0 saturated heterocycles. The number of rotatable bonds is 2. The number of halogens is 6. The van der Waals surface area contributed by atoms with Crippen molar-refractivity contribution in [3.63, 3.8) is 0 Å². The molecule has 0 fully saturated rings. The molecule has 1 N–H and O–H groups in total. The fraction of sp³-hybridized carbons (Fsp3) is 0.333. The van der Waals surface area contributed by atoms with Crippen LogP contribution >= 0.6 is 0 Å². The van der Waals surface area contributed by atoms with Crippen LogP contribution in [0.2, 0.25) is 0 Å². The molecule has 22 heavy (non-hydrogen) atoms. The van der Waals surface area contributed by atoms with Crippen LogP contribution in [0.3, 0.4) is 0 Å². The number of allylic oxidation sites excluding steroid dienone is 2. The predicted octanol–water partition coefficient (Wildman–Crippen LogP) is 3.99. The van der Waals surface area contributed by atoms with Gasteiger partial charge in [0.2, 0.25) is 0 Å². The Bertz CT molecular complexity index is 570. The summed E-state index contributed by atoms with van der Waals surface area (Å²) < 4.78 is 75.7. The number of aromatic nitrogens is 1. The molecule has 124 valence electrons. The molecule has 0 unspecified atom stereocenters. The van der Waals surface area contributed by atoms with E-state index in [9.17, 15) is 36.2 Å². The molecule has 1 heterocycles. The molecule has 0 radical (unpaired) electrons. The molecule has 0 spiro atoms. The van der Waals surface area contributed by atoms with E-state index in [2.05, 4.69) is 4.98 Å². The van der Waals surface area contributed by atoms with E-state index in [0.29, 0.717) is 0 Å². The number of pyridine rings is 1. The number of nitrogens with zero attached hydrogens (tertiary/aromatic N) is 1. The Hall–Kier alpha value is -1.54. The second kappa shape index (κ2) is 6.70. The van der Waals surface area contributed by atoms with Crippen molar-refractivity contribution in [2.45, 2.75) is 26.2 Å². The van der Waals surface area contributed by atoms with E-state index < -0.39 is 46.4 Å². The van der Waals surface area contributed by atoms with Gasteiger partial charge in [0.25, 0.3) is 0 Å². The predicted molar refractivity (Wildman–Crippen MR) is 60.1 cm³/mol. The molecular weight excluding hydrogens is 360 g/mol. The molecule has 0 aliphatic heterocycles. The third-order valence-corrected chi connectivity index (χ3v) is 2.41. The van der Waals surface area contributed by atoms with Crippen molar-refractivity contribution in [1.29, 1.82) is 0 Å². The number of carbonyl (C=O) groups excluding carboxylic acids is 1. The van der Waals surface area contributed by atoms with Crippen LogP contribution in [0, 0.1) is 0 Å². The molecule has 1 rings (SSSR count). The summed E-state index contributed by atoms with van der Waals surface area (Å²) in [6, 6.07) is 0.567. The summed E-state index contributed by atoms with van der Waals surface area (Å²) in [6.07, 6.45) is -10.2. The normalized spacial score (nSPS) is 13.3. The van der Waals surface area contributed by atoms with Crippen LogP contribution in [-0.2, 0) is 34.2 Å². The van der Waals surface area contributed by atoms with Gasteiger partial charge in [0.1, 0.15) is 17.1 Å². The van der Waals surface area contributed by atoms with Crippen molar-refractivity contribution in [2.75, 3.05) is 0 Å². The van der Waals surface area contributed by atoms with Gasteiger partial charge in [0.05, 0.1) is 5.57 Å². The zero-order chi connectivity index (χ0) is 16.6. The fourth-order valence-electron chi connectivity index (χ4n) is 1.63. The summed E-state index contributed by atoms with van der Waals surface area (Å²) in [5, 5.41) is 9.30. The minimum Gasteiger partial charge on any atom is -0.512 e. The monoisotopic (exact) mass is 369 g/mol. The van der Waals surface area contributed by atoms with Gasteiger partial charge in [-0.25, -0.2) is 4.98 Å². The van der Waals surface area contributed by atoms with Crippen molar-refractivity contribution in [2.24, 2.45) is 0 Å². The largest absolute Gasteiger partial charge is 0.512 e. The smallest absolute Gasteiger partial charge is 0.433 e. The number of aliphatic hydroxyl groups excluding tert-OH is 1. The number of aliphatic hydroxyl groups is 1. The van der Waals surface area contributed by atoms with Crippen LogP contribution in [-0.4, -0.2) is 15.9 Å². The van der Waals surface area contributed by atoms with Gasteiger partial charge in [-0.05, 0) is 31.5 Å². The number of hydrogen-bond acceptors (Lipinski definition) is 3. The Labute approximate surface area is 131 Å². The van der Waals surface area contributed by atoms with Gasteiger partial charge >= 0.3 is 12.4 Å². The first kappa shape index (κ1) is 20.5. The zero-order valence-corrected chi connectivity index (χ0v) is 12.2. The molecule has 10 heteroatoms. The Balaban J connectivity index is 0.00000441. The standard InChI is InChI=1S/C12H9F6NO2.Fe/c1-5(20)10(6(2)21)7-3-8(11(13,14)15)19-9(4-7)12(16,17)18;/h3-4,20H,1-2H3;/b10-5+;. The van der Waals surface area contributed by atoms with Crippen molar-refractivity contribution < 1.29 is 53.3 Å². The van der Waals surface area contributed by atoms with Gasteiger partial charge in [-0.1, -0.05) is 0 Å². The van der Waals surface area contributed by atoms with Crippen molar-refractivity contribution in [3.8, 4) is 0 Å². The van der Waals surface area contributed by atoms with Crippen LogP contribution in [0.5, 0.6) is 0 Å². The van der Waals surface area contributed by atoms with E-state index in [4.69, 9.17) is 0 Å². The summed E-state index contributed by atoms with van der Waals surface area (Å²) in [5.41, 5.74) is -4.93. The van der Waals surface area contributed by atoms with Crippen molar-refractivity contribution in [3.05, 3.63) is 34.8 Å². The number of carbonyl (C=O) groups is 1. The second-order valence-electron chi connectivity index (χ2n) is 4.14. The first-order valence-corrected chi connectivity index (χ1v) is 5.41. The Morgan fingerprint density at radius 2 is 1.36 bits per heavy atom. The maximum atomic E-state index is 12.6. The molecule has 0 bridgehead atoms. The minimum absolute atomic E-state index is 0. The molecule has 0 atom stereocenters. The minimum atomic E-state index is -5.12. The van der Waals surface area contributed by atoms with E-state index >= 15 is 0 Å². The Morgan fingerprint density at radius 1 is 1.00 bits per heavy atom. The van der Waals surface area contributed by atoms with Gasteiger partial charge < -0.3 is 5.11 Å². The third-order valence-electron chi connectivity index (χ3n) is 2.41. The summed E-state index contributed by atoms with van der Waals surface area (Å²) in [4.78, 5) is 13.8. The fourth-order valence-corrected chi connectivity index (χ4v) is 1.63. The molecule has 0 aromatic carbocycles. The molecule has 3 nitrogen and oxygen atoms in total. The average molecular weight is 369 g/mol. The van der Waals surface area contributed by atoms with Crippen LogP contribution in [0.25, 0.3) is 5.57 Å². The Morgan fingerprint density at radius 3 is 1.59 bits per heavy atom. The third kappa shape index (κ3) is 4.74. The van der Waals surface area contributed by atoms with E-state index in [1.54, 1.807) is 0 Å². The quantitative estimate of drug-likeness (QED) is 0.371. The molecule has 1 aromatic rings. The number of alkyl halides is 6. The summed E-state index contributed by atoms with van der Waals surface area (Å²) in [6.45, 7) is 1.90. The van der Waals surface area contributed by atoms with Gasteiger partial charge in [0, 0.05) is 17.1 Å². The van der Waals surface area contributed by atoms with Gasteiger partial charge in [-0.15, -0.1) is 0 Å². The molecule has 0 aliphatic carbocycles. The molecule has 0 amide bonds. The zero-order valence-electron chi connectivity index (χ0n) is 11.1. The average Bonchev–Trinajstić information content (AvgIpc) is 2.25. The van der Waals surface area contributed by atoms with E-state index in [1.165, 1.54) is 0 Å². The van der Waals surface area contributed by atoms with E-state index in [-0.39, 0.29) is 29.2 Å². The van der Waals surface area contributed by atoms with E-state index in [0.717, 1.165) is 13.8 Å². The number of ketones is 1. The number of hydrogen-bond donors (Lipinski definition) is 1. The van der Waals surface area contributed by atoms with Crippen LogP contribution in [0.15, 0.2) is 17.9 Å². The molecule has 1 aromatic heterocycles. The van der Waals surface area contributed by atoms with Crippen LogP contribution in [0.1, 0.15) is 30.8 Å². The SMILES string of the molecule is CC(=O)/C(=C(/C)O)c1cc(C(F)(F)F)nc(C(F)(F)F)c1.[Fe]. The van der Waals surface area contributed by atoms with Crippen LogP contribution < -0.4 is 0 Å².